The number of nitrogens with zero attached hydrogens (tertiary/aromatic N) is 2. The lowest BCUT2D eigenvalue weighted by Crippen LogP contribution is -2.13. The maximum atomic E-state index is 5.81. The molecule has 0 spiro atoms. The van der Waals surface area contributed by atoms with Gasteiger partial charge in [0.05, 0.1) is 11.4 Å². The van der Waals surface area contributed by atoms with Crippen molar-refractivity contribution in [1.29, 1.82) is 0 Å². The Morgan fingerprint density at radius 3 is 2.62 bits per heavy atom. The van der Waals surface area contributed by atoms with Gasteiger partial charge in [0.1, 0.15) is 12.4 Å². The van der Waals surface area contributed by atoms with Gasteiger partial charge in [-0.1, -0.05) is 24.3 Å². The molecule has 1 aromatic carbocycles. The topological polar surface area (TPSA) is 47.0 Å². The molecule has 0 saturated carbocycles. The SMILES string of the molecule is Cc1cccc(CNCc2cccc(OCc3ccccn3)c2)n1. The van der Waals surface area contributed by atoms with E-state index in [2.05, 4.69) is 27.4 Å². The molecule has 4 nitrogen and oxygen atoms in total. The minimum atomic E-state index is 0.477. The number of aromatic nitrogens is 2. The first kappa shape index (κ1) is 16.1. The largest absolute Gasteiger partial charge is 0.487 e. The summed E-state index contributed by atoms with van der Waals surface area (Å²) in [5.41, 5.74) is 4.20. The zero-order chi connectivity index (χ0) is 16.6. The highest BCUT2D eigenvalue weighted by atomic mass is 16.5. The summed E-state index contributed by atoms with van der Waals surface area (Å²) in [5.74, 6) is 0.855. The number of pyridine rings is 2. The Labute approximate surface area is 142 Å². The van der Waals surface area contributed by atoms with Crippen molar-refractivity contribution in [2.24, 2.45) is 0 Å². The number of hydrogen-bond acceptors (Lipinski definition) is 4. The number of aryl methyl sites for hydroxylation is 1. The number of benzene rings is 1. The number of ether oxygens (including phenoxy) is 1. The van der Waals surface area contributed by atoms with Gasteiger partial charge in [-0.2, -0.15) is 0 Å². The Balaban J connectivity index is 1.51. The average Bonchev–Trinajstić information content (AvgIpc) is 2.61. The fourth-order valence-corrected chi connectivity index (χ4v) is 2.42. The van der Waals surface area contributed by atoms with Crippen LogP contribution in [0.4, 0.5) is 0 Å². The van der Waals surface area contributed by atoms with Crippen LogP contribution < -0.4 is 10.1 Å². The van der Waals surface area contributed by atoms with Gasteiger partial charge < -0.3 is 10.1 Å². The van der Waals surface area contributed by atoms with Crippen LogP contribution in [0.1, 0.15) is 22.6 Å². The molecule has 0 saturated heterocycles. The van der Waals surface area contributed by atoms with Crippen LogP contribution in [0.3, 0.4) is 0 Å². The summed E-state index contributed by atoms with van der Waals surface area (Å²) in [4.78, 5) is 8.75. The molecule has 1 N–H and O–H groups in total. The molecule has 2 heterocycles. The number of nitrogens with one attached hydrogen (secondary N) is 1. The van der Waals surface area contributed by atoms with Gasteiger partial charge in [-0.25, -0.2) is 0 Å². The van der Waals surface area contributed by atoms with Gasteiger partial charge >= 0.3 is 0 Å². The Morgan fingerprint density at radius 2 is 1.79 bits per heavy atom. The van der Waals surface area contributed by atoms with Crippen LogP contribution in [0.15, 0.2) is 66.9 Å². The molecular weight excluding hydrogens is 298 g/mol. The van der Waals surface area contributed by atoms with Crippen LogP contribution in [-0.4, -0.2) is 9.97 Å². The third-order valence-electron chi connectivity index (χ3n) is 3.59. The van der Waals surface area contributed by atoms with Crippen molar-refractivity contribution in [3.05, 3.63) is 89.5 Å². The predicted molar refractivity (Wildman–Crippen MR) is 94.5 cm³/mol. The summed E-state index contributed by atoms with van der Waals surface area (Å²) in [6.45, 7) is 4.01. The minimum absolute atomic E-state index is 0.477. The lowest BCUT2D eigenvalue weighted by molar-refractivity contribution is 0.301. The summed E-state index contributed by atoms with van der Waals surface area (Å²) < 4.78 is 5.81. The van der Waals surface area contributed by atoms with Crippen molar-refractivity contribution < 1.29 is 4.74 Å². The first-order chi connectivity index (χ1) is 11.8. The highest BCUT2D eigenvalue weighted by molar-refractivity contribution is 5.28. The van der Waals surface area contributed by atoms with Crippen LogP contribution in [0.2, 0.25) is 0 Å². The van der Waals surface area contributed by atoms with Gasteiger partial charge in [-0.05, 0) is 48.9 Å². The minimum Gasteiger partial charge on any atom is -0.487 e. The average molecular weight is 319 g/mol. The molecule has 0 atom stereocenters. The highest BCUT2D eigenvalue weighted by Crippen LogP contribution is 2.14. The van der Waals surface area contributed by atoms with Gasteiger partial charge in [0.15, 0.2) is 0 Å². The summed E-state index contributed by atoms with van der Waals surface area (Å²) in [7, 11) is 0. The van der Waals surface area contributed by atoms with Gasteiger partial charge in [0.25, 0.3) is 0 Å². The lowest BCUT2D eigenvalue weighted by atomic mass is 10.2. The third kappa shape index (κ3) is 4.89. The van der Waals surface area contributed by atoms with E-state index in [4.69, 9.17) is 4.74 Å². The second kappa shape index (κ2) is 8.22. The van der Waals surface area contributed by atoms with Crippen molar-refractivity contribution in [1.82, 2.24) is 15.3 Å². The Bertz CT molecular complexity index is 775. The van der Waals surface area contributed by atoms with E-state index in [1.165, 1.54) is 5.56 Å². The number of rotatable bonds is 7. The van der Waals surface area contributed by atoms with Crippen molar-refractivity contribution in [3.63, 3.8) is 0 Å². The molecule has 24 heavy (non-hydrogen) atoms. The first-order valence-corrected chi connectivity index (χ1v) is 8.04. The van der Waals surface area contributed by atoms with Gasteiger partial charge in [-0.3, -0.25) is 9.97 Å². The van der Waals surface area contributed by atoms with Gasteiger partial charge in [-0.15, -0.1) is 0 Å². The zero-order valence-corrected chi connectivity index (χ0v) is 13.8. The molecule has 0 unspecified atom stereocenters. The van der Waals surface area contributed by atoms with E-state index < -0.39 is 0 Å². The van der Waals surface area contributed by atoms with Gasteiger partial charge in [0, 0.05) is 25.0 Å². The number of hydrogen-bond donors (Lipinski definition) is 1. The summed E-state index contributed by atoms with van der Waals surface area (Å²) in [6, 6.07) is 20.0. The quantitative estimate of drug-likeness (QED) is 0.722. The molecule has 0 amide bonds. The van der Waals surface area contributed by atoms with Crippen molar-refractivity contribution in [3.8, 4) is 5.75 Å². The Kier molecular flexibility index (Phi) is 5.53. The molecule has 0 radical (unpaired) electrons. The molecule has 3 rings (SSSR count). The first-order valence-electron chi connectivity index (χ1n) is 8.04. The molecule has 4 heteroatoms. The summed E-state index contributed by atoms with van der Waals surface area (Å²) in [5, 5.41) is 3.42. The van der Waals surface area contributed by atoms with Crippen molar-refractivity contribution >= 4 is 0 Å². The van der Waals surface area contributed by atoms with E-state index in [1.807, 2.05) is 55.5 Å². The van der Waals surface area contributed by atoms with E-state index >= 15 is 0 Å². The highest BCUT2D eigenvalue weighted by Gasteiger charge is 2.00. The van der Waals surface area contributed by atoms with E-state index in [0.29, 0.717) is 6.61 Å². The van der Waals surface area contributed by atoms with Crippen LogP contribution in [-0.2, 0) is 19.7 Å². The molecule has 2 aromatic heterocycles. The molecule has 3 aromatic rings. The maximum Gasteiger partial charge on any atom is 0.130 e. The fraction of sp³-hybridized carbons (Fsp3) is 0.200. The zero-order valence-electron chi connectivity index (χ0n) is 13.8. The standard InChI is InChI=1S/C20H21N3O/c1-16-6-4-9-18(23-16)14-21-13-17-7-5-10-20(12-17)24-15-19-8-2-3-11-22-19/h2-12,21H,13-15H2,1H3. The Morgan fingerprint density at radius 1 is 0.917 bits per heavy atom. The molecule has 0 aliphatic carbocycles. The normalized spacial score (nSPS) is 10.5. The van der Waals surface area contributed by atoms with Crippen molar-refractivity contribution in [2.75, 3.05) is 0 Å². The third-order valence-corrected chi connectivity index (χ3v) is 3.59. The second-order valence-electron chi connectivity index (χ2n) is 5.63. The molecular formula is C20H21N3O. The smallest absolute Gasteiger partial charge is 0.130 e. The molecule has 122 valence electrons. The van der Waals surface area contributed by atoms with E-state index in [9.17, 15) is 0 Å². The van der Waals surface area contributed by atoms with Crippen LogP contribution >= 0.6 is 0 Å². The summed E-state index contributed by atoms with van der Waals surface area (Å²) >= 11 is 0. The molecule has 0 bridgehead atoms. The van der Waals surface area contributed by atoms with E-state index in [0.717, 1.165) is 35.9 Å². The van der Waals surface area contributed by atoms with Gasteiger partial charge in [0.2, 0.25) is 0 Å². The fourth-order valence-electron chi connectivity index (χ4n) is 2.42. The Hall–Kier alpha value is -2.72. The van der Waals surface area contributed by atoms with Crippen molar-refractivity contribution in [2.45, 2.75) is 26.6 Å². The van der Waals surface area contributed by atoms with Crippen LogP contribution in [0, 0.1) is 6.92 Å². The lowest BCUT2D eigenvalue weighted by Gasteiger charge is -2.09. The predicted octanol–water partition coefficient (Wildman–Crippen LogP) is 3.65. The van der Waals surface area contributed by atoms with Crippen LogP contribution in [0.5, 0.6) is 5.75 Å². The molecule has 0 aliphatic rings. The van der Waals surface area contributed by atoms with E-state index in [1.54, 1.807) is 6.20 Å². The van der Waals surface area contributed by atoms with E-state index in [-0.39, 0.29) is 0 Å². The second-order valence-corrected chi connectivity index (χ2v) is 5.63. The maximum absolute atomic E-state index is 5.81. The molecule has 0 aliphatic heterocycles. The van der Waals surface area contributed by atoms with Crippen LogP contribution in [0.25, 0.3) is 0 Å². The molecule has 0 fully saturated rings. The summed E-state index contributed by atoms with van der Waals surface area (Å²) in [6.07, 6.45) is 1.78. The monoisotopic (exact) mass is 319 g/mol.